The quantitative estimate of drug-likeness (QED) is 0.521. The van der Waals surface area contributed by atoms with Crippen molar-refractivity contribution in [2.75, 3.05) is 19.6 Å². The highest BCUT2D eigenvalue weighted by Crippen LogP contribution is 1.88. The van der Waals surface area contributed by atoms with Crippen molar-refractivity contribution in [2.24, 2.45) is 0 Å². The first-order valence-electron chi connectivity index (χ1n) is 4.82. The monoisotopic (exact) mass is 174 g/mol. The summed E-state index contributed by atoms with van der Waals surface area (Å²) in [6, 6.07) is 0.536. The van der Waals surface area contributed by atoms with Crippen molar-refractivity contribution < 1.29 is 5.11 Å². The van der Waals surface area contributed by atoms with Crippen LogP contribution in [0.15, 0.2) is 0 Å². The molecule has 74 valence electrons. The fourth-order valence-electron chi connectivity index (χ4n) is 1.12. The van der Waals surface area contributed by atoms with Crippen LogP contribution in [0.2, 0.25) is 0 Å². The van der Waals surface area contributed by atoms with E-state index in [1.165, 1.54) is 0 Å². The fourth-order valence-corrected chi connectivity index (χ4v) is 1.12. The molecule has 0 radical (unpaired) electrons. The van der Waals surface area contributed by atoms with E-state index in [-0.39, 0.29) is 6.10 Å². The second-order valence-electron chi connectivity index (χ2n) is 3.17. The van der Waals surface area contributed by atoms with Crippen molar-refractivity contribution in [1.29, 1.82) is 0 Å². The van der Waals surface area contributed by atoms with Gasteiger partial charge < -0.3 is 15.7 Å². The Morgan fingerprint density at radius 2 is 1.92 bits per heavy atom. The van der Waals surface area contributed by atoms with Crippen molar-refractivity contribution >= 4 is 0 Å². The van der Waals surface area contributed by atoms with Gasteiger partial charge in [0.05, 0.1) is 6.10 Å². The molecule has 0 saturated heterocycles. The summed E-state index contributed by atoms with van der Waals surface area (Å²) < 4.78 is 0. The van der Waals surface area contributed by atoms with Gasteiger partial charge in [-0.25, -0.2) is 0 Å². The Labute approximate surface area is 75.6 Å². The van der Waals surface area contributed by atoms with Crippen molar-refractivity contribution in [2.45, 2.75) is 39.3 Å². The standard InChI is InChI=1S/C9H22N2O/c1-4-9(11-5-2)7-10-6-8(3)12/h8-12H,4-7H2,1-3H3. The van der Waals surface area contributed by atoms with Crippen LogP contribution < -0.4 is 10.6 Å². The maximum Gasteiger partial charge on any atom is 0.0636 e. The van der Waals surface area contributed by atoms with Gasteiger partial charge in [0.15, 0.2) is 0 Å². The molecule has 0 rings (SSSR count). The second-order valence-corrected chi connectivity index (χ2v) is 3.17. The van der Waals surface area contributed by atoms with Crippen molar-refractivity contribution in [1.82, 2.24) is 10.6 Å². The average Bonchev–Trinajstić information content (AvgIpc) is 2.02. The summed E-state index contributed by atoms with van der Waals surface area (Å²) >= 11 is 0. The molecule has 0 amide bonds. The largest absolute Gasteiger partial charge is 0.392 e. The normalized spacial score (nSPS) is 16.0. The summed E-state index contributed by atoms with van der Waals surface area (Å²) in [6.45, 7) is 8.70. The van der Waals surface area contributed by atoms with Gasteiger partial charge >= 0.3 is 0 Å². The van der Waals surface area contributed by atoms with Crippen LogP contribution in [0.4, 0.5) is 0 Å². The summed E-state index contributed by atoms with van der Waals surface area (Å²) in [5.41, 5.74) is 0. The third-order valence-corrected chi connectivity index (χ3v) is 1.82. The van der Waals surface area contributed by atoms with E-state index in [0.29, 0.717) is 12.6 Å². The van der Waals surface area contributed by atoms with Crippen LogP contribution in [-0.4, -0.2) is 36.9 Å². The number of rotatable bonds is 7. The first-order valence-corrected chi connectivity index (χ1v) is 4.82. The summed E-state index contributed by atoms with van der Waals surface area (Å²) in [7, 11) is 0. The third-order valence-electron chi connectivity index (χ3n) is 1.82. The minimum absolute atomic E-state index is 0.246. The molecule has 0 aromatic rings. The molecule has 3 nitrogen and oxygen atoms in total. The molecular weight excluding hydrogens is 152 g/mol. The smallest absolute Gasteiger partial charge is 0.0636 e. The highest BCUT2D eigenvalue weighted by molar-refractivity contribution is 4.67. The third kappa shape index (κ3) is 6.58. The van der Waals surface area contributed by atoms with Crippen LogP contribution in [0.5, 0.6) is 0 Å². The number of aliphatic hydroxyl groups excluding tert-OH is 1. The van der Waals surface area contributed by atoms with Gasteiger partial charge in [-0.15, -0.1) is 0 Å². The Morgan fingerprint density at radius 3 is 2.33 bits per heavy atom. The first kappa shape index (κ1) is 11.9. The van der Waals surface area contributed by atoms with Crippen LogP contribution in [0.1, 0.15) is 27.2 Å². The molecular formula is C9H22N2O. The van der Waals surface area contributed by atoms with Gasteiger partial charge in [0.2, 0.25) is 0 Å². The van der Waals surface area contributed by atoms with E-state index in [0.717, 1.165) is 19.5 Å². The molecule has 0 aliphatic heterocycles. The van der Waals surface area contributed by atoms with Gasteiger partial charge in [-0.05, 0) is 19.9 Å². The average molecular weight is 174 g/mol. The van der Waals surface area contributed by atoms with Gasteiger partial charge in [0.25, 0.3) is 0 Å². The van der Waals surface area contributed by atoms with Gasteiger partial charge in [-0.1, -0.05) is 13.8 Å². The second kappa shape index (κ2) is 7.53. The van der Waals surface area contributed by atoms with E-state index in [4.69, 9.17) is 5.11 Å². The van der Waals surface area contributed by atoms with Crippen LogP contribution in [-0.2, 0) is 0 Å². The maximum atomic E-state index is 8.98. The molecule has 0 bridgehead atoms. The Morgan fingerprint density at radius 1 is 1.25 bits per heavy atom. The van der Waals surface area contributed by atoms with Gasteiger partial charge in [-0.3, -0.25) is 0 Å². The molecule has 0 fully saturated rings. The zero-order valence-electron chi connectivity index (χ0n) is 8.43. The molecule has 0 saturated carbocycles. The molecule has 0 aromatic heterocycles. The molecule has 0 aliphatic carbocycles. The highest BCUT2D eigenvalue weighted by atomic mass is 16.3. The SMILES string of the molecule is CCNC(CC)CNCC(C)O. The number of hydrogen-bond donors (Lipinski definition) is 3. The number of nitrogens with one attached hydrogen (secondary N) is 2. The van der Waals surface area contributed by atoms with Crippen molar-refractivity contribution in [3.05, 3.63) is 0 Å². The molecule has 0 spiro atoms. The Hall–Kier alpha value is -0.120. The van der Waals surface area contributed by atoms with Crippen LogP contribution in [0.25, 0.3) is 0 Å². The molecule has 0 aromatic carbocycles. The van der Waals surface area contributed by atoms with Crippen molar-refractivity contribution in [3.8, 4) is 0 Å². The number of likely N-dealkylation sites (N-methyl/N-ethyl adjacent to an activating group) is 1. The fraction of sp³-hybridized carbons (Fsp3) is 1.00. The topological polar surface area (TPSA) is 44.3 Å². The van der Waals surface area contributed by atoms with E-state index in [1.807, 2.05) is 0 Å². The molecule has 2 atom stereocenters. The van der Waals surface area contributed by atoms with E-state index in [1.54, 1.807) is 6.92 Å². The van der Waals surface area contributed by atoms with Crippen molar-refractivity contribution in [3.63, 3.8) is 0 Å². The Bertz CT molecular complexity index is 96.5. The van der Waals surface area contributed by atoms with Gasteiger partial charge in [0, 0.05) is 19.1 Å². The minimum atomic E-state index is -0.246. The Kier molecular flexibility index (Phi) is 7.45. The van der Waals surface area contributed by atoms with Gasteiger partial charge in [0.1, 0.15) is 0 Å². The zero-order chi connectivity index (χ0) is 9.40. The first-order chi connectivity index (χ1) is 5.70. The predicted octanol–water partition coefficient (Wildman–Crippen LogP) is 0.345. The summed E-state index contributed by atoms with van der Waals surface area (Å²) in [4.78, 5) is 0. The van der Waals surface area contributed by atoms with Crippen LogP contribution >= 0.6 is 0 Å². The Balaban J connectivity index is 3.31. The lowest BCUT2D eigenvalue weighted by Crippen LogP contribution is -2.40. The zero-order valence-corrected chi connectivity index (χ0v) is 8.43. The van der Waals surface area contributed by atoms with Gasteiger partial charge in [-0.2, -0.15) is 0 Å². The highest BCUT2D eigenvalue weighted by Gasteiger charge is 2.03. The molecule has 12 heavy (non-hydrogen) atoms. The number of aliphatic hydroxyl groups is 1. The summed E-state index contributed by atoms with van der Waals surface area (Å²) in [5, 5.41) is 15.6. The van der Waals surface area contributed by atoms with Crippen LogP contribution in [0, 0.1) is 0 Å². The lowest BCUT2D eigenvalue weighted by atomic mass is 10.2. The predicted molar refractivity (Wildman–Crippen MR) is 52.3 cm³/mol. The molecule has 3 heteroatoms. The molecule has 2 unspecified atom stereocenters. The lowest BCUT2D eigenvalue weighted by molar-refractivity contribution is 0.190. The maximum absolute atomic E-state index is 8.98. The van der Waals surface area contributed by atoms with Crippen LogP contribution in [0.3, 0.4) is 0 Å². The number of hydrogen-bond acceptors (Lipinski definition) is 3. The van der Waals surface area contributed by atoms with E-state index in [9.17, 15) is 0 Å². The molecule has 0 heterocycles. The molecule has 3 N–H and O–H groups in total. The molecule has 0 aliphatic rings. The lowest BCUT2D eigenvalue weighted by Gasteiger charge is -2.16. The van der Waals surface area contributed by atoms with E-state index < -0.39 is 0 Å². The summed E-state index contributed by atoms with van der Waals surface area (Å²) in [6.07, 6.45) is 0.879. The van der Waals surface area contributed by atoms with E-state index in [2.05, 4.69) is 24.5 Å². The minimum Gasteiger partial charge on any atom is -0.392 e. The van der Waals surface area contributed by atoms with E-state index >= 15 is 0 Å². The summed E-state index contributed by atoms with van der Waals surface area (Å²) in [5.74, 6) is 0.